The molecular formula is C15H21NO2S. The quantitative estimate of drug-likeness (QED) is 0.860. The van der Waals surface area contributed by atoms with Crippen LogP contribution in [0.5, 0.6) is 0 Å². The highest BCUT2D eigenvalue weighted by molar-refractivity contribution is 7.12. The maximum atomic E-state index is 10.5. The summed E-state index contributed by atoms with van der Waals surface area (Å²) >= 11 is 1.68. The van der Waals surface area contributed by atoms with Gasteiger partial charge in [-0.05, 0) is 36.5 Å². The monoisotopic (exact) mass is 279 g/mol. The van der Waals surface area contributed by atoms with Gasteiger partial charge in [-0.1, -0.05) is 13.8 Å². The minimum absolute atomic E-state index is 0.773. The summed E-state index contributed by atoms with van der Waals surface area (Å²) in [5.74, 6) is 0.652. The molecule has 2 heterocycles. The molecule has 104 valence electrons. The number of carboxylic acid groups (broad SMARTS) is 1. The van der Waals surface area contributed by atoms with Crippen molar-refractivity contribution in [2.24, 2.45) is 11.8 Å². The molecule has 0 aliphatic carbocycles. The fourth-order valence-electron chi connectivity index (χ4n) is 2.86. The van der Waals surface area contributed by atoms with Gasteiger partial charge in [0.1, 0.15) is 0 Å². The zero-order chi connectivity index (χ0) is 13.8. The zero-order valence-electron chi connectivity index (χ0n) is 11.5. The molecule has 1 aromatic heterocycles. The van der Waals surface area contributed by atoms with Gasteiger partial charge in [-0.3, -0.25) is 4.90 Å². The van der Waals surface area contributed by atoms with Crippen LogP contribution in [0.25, 0.3) is 6.08 Å². The van der Waals surface area contributed by atoms with E-state index in [0.717, 1.165) is 23.3 Å². The smallest absolute Gasteiger partial charge is 0.328 e. The molecule has 0 spiro atoms. The van der Waals surface area contributed by atoms with E-state index in [-0.39, 0.29) is 0 Å². The molecule has 1 saturated heterocycles. The fourth-order valence-corrected chi connectivity index (χ4v) is 3.82. The molecule has 1 aromatic rings. The van der Waals surface area contributed by atoms with Gasteiger partial charge in [0.25, 0.3) is 0 Å². The van der Waals surface area contributed by atoms with Crippen molar-refractivity contribution in [2.75, 3.05) is 13.1 Å². The van der Waals surface area contributed by atoms with Crippen LogP contribution in [0.2, 0.25) is 0 Å². The minimum Gasteiger partial charge on any atom is -0.478 e. The average molecular weight is 279 g/mol. The van der Waals surface area contributed by atoms with Gasteiger partial charge in [-0.15, -0.1) is 11.3 Å². The fraction of sp³-hybridized carbons (Fsp3) is 0.533. The van der Waals surface area contributed by atoms with E-state index in [1.165, 1.54) is 30.5 Å². The average Bonchev–Trinajstić information content (AvgIpc) is 2.72. The molecular weight excluding hydrogens is 258 g/mol. The highest BCUT2D eigenvalue weighted by atomic mass is 32.1. The van der Waals surface area contributed by atoms with Crippen LogP contribution >= 0.6 is 11.3 Å². The molecule has 0 bridgehead atoms. The molecule has 0 amide bonds. The second kappa shape index (κ2) is 6.35. The lowest BCUT2D eigenvalue weighted by atomic mass is 9.92. The molecule has 1 aliphatic rings. The molecule has 0 saturated carbocycles. The number of thiophene rings is 1. The molecule has 0 radical (unpaired) electrons. The maximum absolute atomic E-state index is 10.5. The van der Waals surface area contributed by atoms with Crippen LogP contribution in [0.15, 0.2) is 18.2 Å². The van der Waals surface area contributed by atoms with Gasteiger partial charge in [0.05, 0.1) is 0 Å². The lowest BCUT2D eigenvalue weighted by molar-refractivity contribution is -0.131. The number of aliphatic carboxylic acids is 1. The summed E-state index contributed by atoms with van der Waals surface area (Å²) in [7, 11) is 0. The van der Waals surface area contributed by atoms with Crippen molar-refractivity contribution in [1.82, 2.24) is 4.90 Å². The Morgan fingerprint density at radius 3 is 2.74 bits per heavy atom. The van der Waals surface area contributed by atoms with E-state index in [0.29, 0.717) is 0 Å². The lowest BCUT2D eigenvalue weighted by Crippen LogP contribution is -2.37. The van der Waals surface area contributed by atoms with E-state index in [1.807, 2.05) is 6.07 Å². The van der Waals surface area contributed by atoms with E-state index in [9.17, 15) is 4.79 Å². The van der Waals surface area contributed by atoms with Gasteiger partial charge in [0.15, 0.2) is 0 Å². The number of nitrogens with zero attached hydrogens (tertiary/aromatic N) is 1. The molecule has 2 unspecified atom stereocenters. The summed E-state index contributed by atoms with van der Waals surface area (Å²) < 4.78 is 0. The van der Waals surface area contributed by atoms with Gasteiger partial charge in [0.2, 0.25) is 0 Å². The summed E-state index contributed by atoms with van der Waals surface area (Å²) in [6, 6.07) is 4.10. The summed E-state index contributed by atoms with van der Waals surface area (Å²) in [5, 5.41) is 8.61. The first kappa shape index (κ1) is 14.3. The predicted molar refractivity (Wildman–Crippen MR) is 79.2 cm³/mol. The number of rotatable bonds is 4. The molecule has 2 atom stereocenters. The number of carbonyl (C=O) groups is 1. The normalized spacial score (nSPS) is 24.9. The molecule has 0 aromatic carbocycles. The van der Waals surface area contributed by atoms with Gasteiger partial charge in [0, 0.05) is 35.5 Å². The van der Waals surface area contributed by atoms with E-state index in [4.69, 9.17) is 5.11 Å². The van der Waals surface area contributed by atoms with Crippen molar-refractivity contribution < 1.29 is 9.90 Å². The molecule has 2 rings (SSSR count). The van der Waals surface area contributed by atoms with Crippen molar-refractivity contribution >= 4 is 23.4 Å². The second-order valence-electron chi connectivity index (χ2n) is 5.62. The number of hydrogen-bond acceptors (Lipinski definition) is 3. The topological polar surface area (TPSA) is 40.5 Å². The highest BCUT2D eigenvalue weighted by Gasteiger charge is 2.21. The maximum Gasteiger partial charge on any atom is 0.328 e. The third kappa shape index (κ3) is 4.48. The largest absolute Gasteiger partial charge is 0.478 e. The standard InChI is InChI=1S/C15H21NO2S/c1-11-7-12(2)9-16(8-11)10-14-4-3-13(19-14)5-6-15(17)18/h3-6,11-12H,7-10H2,1-2H3,(H,17,18). The Hall–Kier alpha value is -1.13. The van der Waals surface area contributed by atoms with Crippen LogP contribution < -0.4 is 0 Å². The van der Waals surface area contributed by atoms with Crippen LogP contribution in [0.3, 0.4) is 0 Å². The van der Waals surface area contributed by atoms with Crippen LogP contribution in [0, 0.1) is 11.8 Å². The minimum atomic E-state index is -0.895. The highest BCUT2D eigenvalue weighted by Crippen LogP contribution is 2.25. The first-order valence-corrected chi connectivity index (χ1v) is 7.56. The Kier molecular flexibility index (Phi) is 4.77. The molecule has 3 nitrogen and oxygen atoms in total. The Bertz CT molecular complexity index is 456. The Morgan fingerprint density at radius 1 is 1.42 bits per heavy atom. The third-order valence-corrected chi connectivity index (χ3v) is 4.43. The number of carboxylic acids is 1. The zero-order valence-corrected chi connectivity index (χ0v) is 12.3. The van der Waals surface area contributed by atoms with Gasteiger partial charge < -0.3 is 5.11 Å². The SMILES string of the molecule is CC1CC(C)CN(Cc2ccc(C=CC(=O)O)s2)C1. The Morgan fingerprint density at radius 2 is 2.11 bits per heavy atom. The number of likely N-dealkylation sites (tertiary alicyclic amines) is 1. The molecule has 4 heteroatoms. The van der Waals surface area contributed by atoms with Crippen molar-refractivity contribution in [2.45, 2.75) is 26.8 Å². The first-order valence-electron chi connectivity index (χ1n) is 6.75. The summed E-state index contributed by atoms with van der Waals surface area (Å²) in [6.07, 6.45) is 4.19. The molecule has 19 heavy (non-hydrogen) atoms. The Labute approximate surface area is 118 Å². The van der Waals surface area contributed by atoms with Crippen molar-refractivity contribution in [3.05, 3.63) is 28.0 Å². The van der Waals surface area contributed by atoms with Crippen LogP contribution in [0.1, 0.15) is 30.0 Å². The summed E-state index contributed by atoms with van der Waals surface area (Å²) in [4.78, 5) is 15.3. The van der Waals surface area contributed by atoms with Gasteiger partial charge in [-0.25, -0.2) is 4.79 Å². The Balaban J connectivity index is 1.94. The molecule has 1 aliphatic heterocycles. The van der Waals surface area contributed by atoms with E-state index >= 15 is 0 Å². The van der Waals surface area contributed by atoms with E-state index in [1.54, 1.807) is 17.4 Å². The number of hydrogen-bond donors (Lipinski definition) is 1. The molecule has 1 fully saturated rings. The van der Waals surface area contributed by atoms with Crippen molar-refractivity contribution in [3.63, 3.8) is 0 Å². The third-order valence-electron chi connectivity index (χ3n) is 3.40. The van der Waals surface area contributed by atoms with E-state index in [2.05, 4.69) is 24.8 Å². The van der Waals surface area contributed by atoms with Crippen LogP contribution in [0.4, 0.5) is 0 Å². The second-order valence-corrected chi connectivity index (χ2v) is 6.82. The van der Waals surface area contributed by atoms with Gasteiger partial charge >= 0.3 is 5.97 Å². The van der Waals surface area contributed by atoms with Gasteiger partial charge in [-0.2, -0.15) is 0 Å². The van der Waals surface area contributed by atoms with Crippen molar-refractivity contribution in [1.29, 1.82) is 0 Å². The number of piperidine rings is 1. The molecule has 1 N–H and O–H groups in total. The van der Waals surface area contributed by atoms with Crippen LogP contribution in [-0.4, -0.2) is 29.1 Å². The lowest BCUT2D eigenvalue weighted by Gasteiger charge is -2.34. The van der Waals surface area contributed by atoms with Crippen LogP contribution in [-0.2, 0) is 11.3 Å². The predicted octanol–water partition coefficient (Wildman–Crippen LogP) is 3.32. The van der Waals surface area contributed by atoms with E-state index < -0.39 is 5.97 Å². The summed E-state index contributed by atoms with van der Waals surface area (Å²) in [6.45, 7) is 7.96. The van der Waals surface area contributed by atoms with Crippen molar-refractivity contribution in [3.8, 4) is 0 Å². The first-order chi connectivity index (χ1) is 9.02. The summed E-state index contributed by atoms with van der Waals surface area (Å²) in [5.41, 5.74) is 0.